The molecule has 1 amide bonds. The zero-order valence-corrected chi connectivity index (χ0v) is 15.8. The van der Waals surface area contributed by atoms with Gasteiger partial charge in [0.2, 0.25) is 0 Å². The Morgan fingerprint density at radius 2 is 1.63 bits per heavy atom. The predicted octanol–water partition coefficient (Wildman–Crippen LogP) is 3.11. The van der Waals surface area contributed by atoms with Gasteiger partial charge in [-0.1, -0.05) is 36.1 Å². The number of carbonyl (C=O) groups excluding carboxylic acids is 2. The van der Waals surface area contributed by atoms with Crippen LogP contribution >= 0.6 is 0 Å². The number of hydrogen-bond donors (Lipinski definition) is 2. The van der Waals surface area contributed by atoms with Crippen molar-refractivity contribution in [2.75, 3.05) is 0 Å². The highest BCUT2D eigenvalue weighted by Gasteiger charge is 2.13. The van der Waals surface area contributed by atoms with Crippen LogP contribution in [-0.2, 0) is 0 Å². The number of pyridine rings is 2. The molecular weight excluding hydrogens is 376 g/mol. The van der Waals surface area contributed by atoms with E-state index in [4.69, 9.17) is 5.84 Å². The van der Waals surface area contributed by atoms with Crippen molar-refractivity contribution in [3.05, 3.63) is 95.3 Å². The summed E-state index contributed by atoms with van der Waals surface area (Å²) >= 11 is 0. The molecule has 6 nitrogen and oxygen atoms in total. The molecule has 3 N–H and O–H groups in total. The first-order chi connectivity index (χ1) is 14.7. The molecule has 0 fully saturated rings. The van der Waals surface area contributed by atoms with Crippen LogP contribution < -0.4 is 11.3 Å². The number of carbonyl (C=O) groups is 2. The summed E-state index contributed by atoms with van der Waals surface area (Å²) < 4.78 is 0. The molecular formula is C24H16N4O2. The lowest BCUT2D eigenvalue weighted by Crippen LogP contribution is -2.30. The van der Waals surface area contributed by atoms with E-state index in [1.807, 2.05) is 36.4 Å². The number of hydrogen-bond acceptors (Lipinski definition) is 5. The molecule has 4 aromatic rings. The zero-order valence-electron chi connectivity index (χ0n) is 15.8. The second kappa shape index (κ2) is 8.35. The Morgan fingerprint density at radius 3 is 2.27 bits per heavy atom. The van der Waals surface area contributed by atoms with Gasteiger partial charge < -0.3 is 0 Å². The van der Waals surface area contributed by atoms with Gasteiger partial charge in [-0.2, -0.15) is 0 Å². The molecule has 0 aliphatic carbocycles. The van der Waals surface area contributed by atoms with E-state index in [1.54, 1.807) is 36.7 Å². The second-order valence-electron chi connectivity index (χ2n) is 6.49. The summed E-state index contributed by atoms with van der Waals surface area (Å²) in [4.78, 5) is 31.6. The van der Waals surface area contributed by atoms with E-state index >= 15 is 0 Å². The summed E-state index contributed by atoms with van der Waals surface area (Å²) in [6.45, 7) is 0. The zero-order chi connectivity index (χ0) is 20.9. The third-order valence-electron chi connectivity index (χ3n) is 4.56. The van der Waals surface area contributed by atoms with Gasteiger partial charge in [-0.05, 0) is 36.4 Å². The molecule has 0 aliphatic rings. The van der Waals surface area contributed by atoms with Crippen LogP contribution in [0.5, 0.6) is 0 Å². The molecule has 0 saturated carbocycles. The van der Waals surface area contributed by atoms with Crippen molar-refractivity contribution in [2.45, 2.75) is 0 Å². The molecule has 0 aliphatic heterocycles. The van der Waals surface area contributed by atoms with E-state index < -0.39 is 5.91 Å². The number of benzene rings is 2. The minimum Gasteiger partial charge on any atom is -0.298 e. The van der Waals surface area contributed by atoms with Crippen LogP contribution in [0, 0.1) is 11.8 Å². The molecule has 0 bridgehead atoms. The lowest BCUT2D eigenvalue weighted by Gasteiger charge is -2.08. The maximum Gasteiger partial charge on any atom is 0.265 e. The second-order valence-corrected chi connectivity index (χ2v) is 6.49. The average Bonchev–Trinajstić information content (AvgIpc) is 2.82. The molecule has 2 aromatic carbocycles. The minimum atomic E-state index is -0.403. The summed E-state index contributed by atoms with van der Waals surface area (Å²) in [5.74, 6) is 11.1. The van der Waals surface area contributed by atoms with Crippen molar-refractivity contribution in [2.24, 2.45) is 5.84 Å². The first-order valence-corrected chi connectivity index (χ1v) is 9.11. The highest BCUT2D eigenvalue weighted by atomic mass is 16.2. The molecule has 0 radical (unpaired) electrons. The van der Waals surface area contributed by atoms with Crippen molar-refractivity contribution in [1.29, 1.82) is 0 Å². The molecule has 0 unspecified atom stereocenters. The van der Waals surface area contributed by atoms with Gasteiger partial charge in [-0.25, -0.2) is 10.8 Å². The Labute approximate surface area is 172 Å². The SMILES string of the molecule is NNC(=O)c1cc(-c2ccc(C#Cc3ccc(C=O)cc3)cc2)nc2ccncc12. The summed E-state index contributed by atoms with van der Waals surface area (Å²) in [6.07, 6.45) is 4.02. The van der Waals surface area contributed by atoms with Crippen molar-refractivity contribution in [3.63, 3.8) is 0 Å². The lowest BCUT2D eigenvalue weighted by atomic mass is 10.0. The first kappa shape index (κ1) is 19.0. The Bertz CT molecular complexity index is 1300. The fourth-order valence-corrected chi connectivity index (χ4v) is 3.00. The Morgan fingerprint density at radius 1 is 0.967 bits per heavy atom. The van der Waals surface area contributed by atoms with Gasteiger partial charge in [0.15, 0.2) is 0 Å². The largest absolute Gasteiger partial charge is 0.298 e. The summed E-state index contributed by atoms with van der Waals surface area (Å²) in [7, 11) is 0. The van der Waals surface area contributed by atoms with Crippen molar-refractivity contribution in [3.8, 4) is 23.1 Å². The van der Waals surface area contributed by atoms with E-state index in [0.29, 0.717) is 27.7 Å². The van der Waals surface area contributed by atoms with Gasteiger partial charge in [-0.3, -0.25) is 20.0 Å². The fraction of sp³-hybridized carbons (Fsp3) is 0. The molecule has 0 atom stereocenters. The Kier molecular flexibility index (Phi) is 5.29. The molecule has 0 saturated heterocycles. The van der Waals surface area contributed by atoms with Crippen molar-refractivity contribution < 1.29 is 9.59 Å². The number of nitrogens with two attached hydrogens (primary N) is 1. The van der Waals surface area contributed by atoms with Crippen LogP contribution in [0.25, 0.3) is 22.2 Å². The standard InChI is InChI=1S/C24H16N4O2/c25-28-24(30)20-13-23(27-22-11-12-26-14-21(20)22)19-9-7-17(8-10-19)2-1-16-3-5-18(15-29)6-4-16/h3-15H,25H2,(H,28,30). The number of rotatable bonds is 3. The van der Waals surface area contributed by atoms with Gasteiger partial charge in [0.25, 0.3) is 5.91 Å². The van der Waals surface area contributed by atoms with E-state index in [9.17, 15) is 9.59 Å². The van der Waals surface area contributed by atoms with Crippen LogP contribution in [0.3, 0.4) is 0 Å². The maximum absolute atomic E-state index is 12.2. The van der Waals surface area contributed by atoms with Crippen LogP contribution in [-0.4, -0.2) is 22.2 Å². The first-order valence-electron chi connectivity index (χ1n) is 9.11. The summed E-state index contributed by atoms with van der Waals surface area (Å²) in [5.41, 5.74) is 7.01. The number of aldehydes is 1. The van der Waals surface area contributed by atoms with E-state index in [1.165, 1.54) is 0 Å². The number of nitrogens with one attached hydrogen (secondary N) is 1. The molecule has 6 heteroatoms. The highest BCUT2D eigenvalue weighted by molar-refractivity contribution is 6.06. The van der Waals surface area contributed by atoms with Gasteiger partial charge in [0.1, 0.15) is 6.29 Å². The van der Waals surface area contributed by atoms with E-state index in [-0.39, 0.29) is 0 Å². The van der Waals surface area contributed by atoms with Crippen molar-refractivity contribution >= 4 is 23.1 Å². The smallest absolute Gasteiger partial charge is 0.265 e. The Hall–Kier alpha value is -4.34. The molecule has 2 aromatic heterocycles. The van der Waals surface area contributed by atoms with E-state index in [2.05, 4.69) is 27.2 Å². The highest BCUT2D eigenvalue weighted by Crippen LogP contribution is 2.24. The lowest BCUT2D eigenvalue weighted by molar-refractivity contribution is 0.0955. The van der Waals surface area contributed by atoms with Crippen LogP contribution in [0.15, 0.2) is 73.1 Å². The topological polar surface area (TPSA) is 98.0 Å². The molecule has 144 valence electrons. The van der Waals surface area contributed by atoms with Gasteiger partial charge in [0, 0.05) is 40.0 Å². The molecule has 2 heterocycles. The number of fused-ring (bicyclic) bond motifs is 1. The number of aromatic nitrogens is 2. The summed E-state index contributed by atoms with van der Waals surface area (Å²) in [5, 5.41) is 0.632. The van der Waals surface area contributed by atoms with Gasteiger partial charge >= 0.3 is 0 Å². The van der Waals surface area contributed by atoms with Crippen LogP contribution in [0.4, 0.5) is 0 Å². The average molecular weight is 392 g/mol. The quantitative estimate of drug-likeness (QED) is 0.184. The number of amides is 1. The fourth-order valence-electron chi connectivity index (χ4n) is 3.00. The maximum atomic E-state index is 12.2. The minimum absolute atomic E-state index is 0.403. The van der Waals surface area contributed by atoms with Crippen LogP contribution in [0.1, 0.15) is 31.8 Å². The Balaban J connectivity index is 1.66. The van der Waals surface area contributed by atoms with Crippen LogP contribution in [0.2, 0.25) is 0 Å². The third kappa shape index (κ3) is 3.92. The third-order valence-corrected chi connectivity index (χ3v) is 4.56. The van der Waals surface area contributed by atoms with E-state index in [0.717, 1.165) is 23.0 Å². The summed E-state index contributed by atoms with van der Waals surface area (Å²) in [6, 6.07) is 18.1. The van der Waals surface area contributed by atoms with Crippen molar-refractivity contribution in [1.82, 2.24) is 15.4 Å². The normalized spacial score (nSPS) is 10.2. The number of nitrogen functional groups attached to an aromatic ring is 1. The molecule has 30 heavy (non-hydrogen) atoms. The number of hydrazine groups is 1. The van der Waals surface area contributed by atoms with Gasteiger partial charge in [-0.15, -0.1) is 0 Å². The molecule has 4 rings (SSSR count). The molecule has 0 spiro atoms. The predicted molar refractivity (Wildman–Crippen MR) is 114 cm³/mol. The van der Waals surface area contributed by atoms with Gasteiger partial charge in [0.05, 0.1) is 16.8 Å². The number of nitrogens with zero attached hydrogens (tertiary/aromatic N) is 2. The monoisotopic (exact) mass is 392 g/mol.